The number of fused-ring (bicyclic) bond motifs is 5. The number of hydrogen-bond donors (Lipinski definition) is 3. The third-order valence-corrected chi connectivity index (χ3v) is 12.0. The largest absolute Gasteiger partial charge is 0.429 e. The lowest BCUT2D eigenvalue weighted by molar-refractivity contribution is -0.246. The zero-order chi connectivity index (χ0) is 25.7. The molecule has 0 radical (unpaired) electrons. The molecule has 0 aromatic heterocycles. The molecule has 0 spiro atoms. The van der Waals surface area contributed by atoms with Crippen LogP contribution in [0.2, 0.25) is 0 Å². The molecule has 3 N–H and O–H groups in total. The Labute approximate surface area is 212 Å². The predicted molar refractivity (Wildman–Crippen MR) is 131 cm³/mol. The summed E-state index contributed by atoms with van der Waals surface area (Å²) in [7, 11) is 0. The highest BCUT2D eigenvalue weighted by Crippen LogP contribution is 2.69. The third-order valence-electron chi connectivity index (χ3n) is 11.5. The smallest absolute Gasteiger partial charge is 0.336 e. The summed E-state index contributed by atoms with van der Waals surface area (Å²) < 4.78 is 5.63. The molecule has 35 heavy (non-hydrogen) atoms. The number of cyclic esters (lactones) is 1. The minimum Gasteiger partial charge on any atom is -0.429 e. The summed E-state index contributed by atoms with van der Waals surface area (Å²) in [6.07, 6.45) is 5.91. The minimum absolute atomic E-state index is 0.0786. The number of esters is 1. The van der Waals surface area contributed by atoms with Crippen molar-refractivity contribution >= 4 is 23.4 Å². The number of carbonyl (C=O) groups excluding carboxylic acids is 2. The highest BCUT2D eigenvalue weighted by atomic mass is 35.5. The van der Waals surface area contributed by atoms with Gasteiger partial charge in [-0.2, -0.15) is 0 Å². The molecule has 0 bridgehead atoms. The van der Waals surface area contributed by atoms with E-state index in [-0.39, 0.29) is 40.8 Å². The second-order valence-corrected chi connectivity index (χ2v) is 13.1. The molecular formula is C28H39ClO6. The van der Waals surface area contributed by atoms with Crippen molar-refractivity contribution < 1.29 is 29.6 Å². The van der Waals surface area contributed by atoms with E-state index in [0.717, 1.165) is 31.3 Å². The number of ether oxygens (including phenoxy) is 1. The van der Waals surface area contributed by atoms with Crippen molar-refractivity contribution in [2.24, 2.45) is 40.4 Å². The molecule has 5 rings (SSSR count). The fourth-order valence-electron chi connectivity index (χ4n) is 9.14. The van der Waals surface area contributed by atoms with Gasteiger partial charge in [-0.15, -0.1) is 11.6 Å². The Bertz CT molecular complexity index is 1020. The standard InChI is InChI=1S/C28H39ClO6/c1-14-13-27(33,35-24(32)15(14)2)16(3)18-6-7-19-17-12-21(29)28(34)23(31)9-8-22(30)26(28,5)20(17)10-11-25(18,19)4/h8-9,16-21,23,31,33-34H,6-7,10-13H2,1-5H3. The van der Waals surface area contributed by atoms with Crippen LogP contribution < -0.4 is 0 Å². The van der Waals surface area contributed by atoms with Crippen molar-refractivity contribution in [1.29, 1.82) is 0 Å². The van der Waals surface area contributed by atoms with Crippen molar-refractivity contribution in [1.82, 2.24) is 0 Å². The second-order valence-electron chi connectivity index (χ2n) is 12.6. The second kappa shape index (κ2) is 7.89. The molecule has 0 saturated heterocycles. The first-order valence-electron chi connectivity index (χ1n) is 13.1. The summed E-state index contributed by atoms with van der Waals surface area (Å²) in [4.78, 5) is 25.7. The van der Waals surface area contributed by atoms with Crippen LogP contribution in [0.3, 0.4) is 0 Å². The fourth-order valence-corrected chi connectivity index (χ4v) is 9.70. The normalized spacial score (nSPS) is 52.5. The van der Waals surface area contributed by atoms with Gasteiger partial charge in [0.2, 0.25) is 5.79 Å². The average molecular weight is 507 g/mol. The number of aliphatic hydroxyl groups is 3. The van der Waals surface area contributed by atoms with Gasteiger partial charge < -0.3 is 20.1 Å². The molecule has 5 aliphatic rings. The average Bonchev–Trinajstić information content (AvgIpc) is 3.14. The van der Waals surface area contributed by atoms with E-state index in [2.05, 4.69) is 6.92 Å². The zero-order valence-corrected chi connectivity index (χ0v) is 22.1. The molecule has 4 aliphatic carbocycles. The number of ketones is 1. The molecule has 7 heteroatoms. The van der Waals surface area contributed by atoms with Gasteiger partial charge >= 0.3 is 5.97 Å². The molecule has 3 fully saturated rings. The maximum absolute atomic E-state index is 13.3. The molecule has 0 aromatic carbocycles. The van der Waals surface area contributed by atoms with Crippen LogP contribution in [0.15, 0.2) is 23.3 Å². The molecule has 0 aromatic rings. The highest BCUT2D eigenvalue weighted by Gasteiger charge is 2.71. The van der Waals surface area contributed by atoms with E-state index < -0.39 is 34.3 Å². The predicted octanol–water partition coefficient (Wildman–Crippen LogP) is 3.90. The Hall–Kier alpha value is -1.21. The van der Waals surface area contributed by atoms with Gasteiger partial charge in [0.1, 0.15) is 11.7 Å². The summed E-state index contributed by atoms with van der Waals surface area (Å²) in [6, 6.07) is 0. The lowest BCUT2D eigenvalue weighted by Gasteiger charge is -2.64. The number of alkyl halides is 1. The molecule has 1 aliphatic heterocycles. The SMILES string of the molecule is CC1=C(C)C(=O)OC(O)(C(C)C2CCC3C4CC(Cl)C5(O)C(O)C=CC(=O)C5(C)C4CCC32C)C1. The maximum atomic E-state index is 13.3. The molecule has 11 unspecified atom stereocenters. The van der Waals surface area contributed by atoms with Crippen molar-refractivity contribution in [3.8, 4) is 0 Å². The lowest BCUT2D eigenvalue weighted by atomic mass is 9.43. The fraction of sp³-hybridized carbons (Fsp3) is 0.786. The van der Waals surface area contributed by atoms with Gasteiger partial charge in [0.15, 0.2) is 5.78 Å². The first-order valence-corrected chi connectivity index (χ1v) is 13.5. The van der Waals surface area contributed by atoms with E-state index >= 15 is 0 Å². The Morgan fingerprint density at radius 2 is 1.80 bits per heavy atom. The summed E-state index contributed by atoms with van der Waals surface area (Å²) in [6.45, 7) is 9.71. The van der Waals surface area contributed by atoms with Crippen molar-refractivity contribution in [3.63, 3.8) is 0 Å². The van der Waals surface area contributed by atoms with E-state index in [4.69, 9.17) is 16.3 Å². The van der Waals surface area contributed by atoms with E-state index in [9.17, 15) is 24.9 Å². The van der Waals surface area contributed by atoms with Crippen LogP contribution in [0.4, 0.5) is 0 Å². The number of allylic oxidation sites excluding steroid dienone is 1. The van der Waals surface area contributed by atoms with E-state index in [0.29, 0.717) is 18.4 Å². The van der Waals surface area contributed by atoms with Crippen molar-refractivity contribution in [2.75, 3.05) is 0 Å². The molecule has 6 nitrogen and oxygen atoms in total. The number of aliphatic hydroxyl groups excluding tert-OH is 1. The van der Waals surface area contributed by atoms with Crippen LogP contribution in [-0.2, 0) is 14.3 Å². The maximum Gasteiger partial charge on any atom is 0.336 e. The van der Waals surface area contributed by atoms with Gasteiger partial charge in [-0.3, -0.25) is 4.79 Å². The van der Waals surface area contributed by atoms with Crippen LogP contribution in [0.25, 0.3) is 0 Å². The Balaban J connectivity index is 1.47. The summed E-state index contributed by atoms with van der Waals surface area (Å²) in [5, 5.41) is 33.2. The molecule has 3 saturated carbocycles. The zero-order valence-electron chi connectivity index (χ0n) is 21.4. The third kappa shape index (κ3) is 3.12. The van der Waals surface area contributed by atoms with Gasteiger partial charge in [-0.1, -0.05) is 19.4 Å². The quantitative estimate of drug-likeness (QED) is 0.387. The molecule has 194 valence electrons. The Morgan fingerprint density at radius 1 is 1.11 bits per heavy atom. The van der Waals surface area contributed by atoms with Crippen LogP contribution in [0.5, 0.6) is 0 Å². The summed E-state index contributed by atoms with van der Waals surface area (Å²) in [5.41, 5.74) is -1.50. The van der Waals surface area contributed by atoms with Crippen LogP contribution in [-0.4, -0.2) is 49.9 Å². The highest BCUT2D eigenvalue weighted by molar-refractivity contribution is 6.22. The first-order chi connectivity index (χ1) is 16.2. The van der Waals surface area contributed by atoms with E-state index in [1.807, 2.05) is 13.8 Å². The molecule has 1 heterocycles. The molecule has 0 amide bonds. The monoisotopic (exact) mass is 506 g/mol. The molecule has 11 atom stereocenters. The van der Waals surface area contributed by atoms with Gasteiger partial charge in [0.25, 0.3) is 0 Å². The van der Waals surface area contributed by atoms with Crippen LogP contribution >= 0.6 is 11.6 Å². The first kappa shape index (κ1) is 25.4. The van der Waals surface area contributed by atoms with Crippen molar-refractivity contribution in [2.45, 2.75) is 96.0 Å². The summed E-state index contributed by atoms with van der Waals surface area (Å²) >= 11 is 6.83. The lowest BCUT2D eigenvalue weighted by Crippen LogP contribution is -2.72. The molecular weight excluding hydrogens is 468 g/mol. The topological polar surface area (TPSA) is 104 Å². The van der Waals surface area contributed by atoms with E-state index in [1.54, 1.807) is 13.8 Å². The number of hydrogen-bond acceptors (Lipinski definition) is 6. The van der Waals surface area contributed by atoms with Gasteiger partial charge in [-0.25, -0.2) is 4.79 Å². The van der Waals surface area contributed by atoms with E-state index in [1.165, 1.54) is 12.2 Å². The number of halogens is 1. The minimum atomic E-state index is -1.69. The Kier molecular flexibility index (Phi) is 5.74. The van der Waals surface area contributed by atoms with Gasteiger partial charge in [-0.05, 0) is 94.1 Å². The summed E-state index contributed by atoms with van der Waals surface area (Å²) in [5.74, 6) is -1.90. The number of carbonyl (C=O) groups is 2. The Morgan fingerprint density at radius 3 is 2.46 bits per heavy atom. The van der Waals surface area contributed by atoms with Gasteiger partial charge in [0.05, 0.1) is 10.8 Å². The number of rotatable bonds is 2. The van der Waals surface area contributed by atoms with Crippen molar-refractivity contribution in [3.05, 3.63) is 23.3 Å². The van der Waals surface area contributed by atoms with Gasteiger partial charge in [0, 0.05) is 17.9 Å². The van der Waals surface area contributed by atoms with Crippen LogP contribution in [0, 0.1) is 40.4 Å². The van der Waals surface area contributed by atoms with Crippen LogP contribution in [0.1, 0.15) is 73.1 Å².